The molecule has 1 N–H and O–H groups in total. The molecule has 0 spiro atoms. The van der Waals surface area contributed by atoms with Crippen LogP contribution in [0.4, 0.5) is 8.78 Å². The van der Waals surface area contributed by atoms with Gasteiger partial charge in [0, 0.05) is 16.7 Å². The van der Waals surface area contributed by atoms with Gasteiger partial charge in [-0.1, -0.05) is 24.0 Å². The maximum absolute atomic E-state index is 12.7. The maximum Gasteiger partial charge on any atom is 0.387 e. The van der Waals surface area contributed by atoms with Gasteiger partial charge >= 0.3 is 6.61 Å². The summed E-state index contributed by atoms with van der Waals surface area (Å²) in [5, 5.41) is 9.70. The van der Waals surface area contributed by atoms with Crippen molar-refractivity contribution in [3.05, 3.63) is 64.7 Å². The van der Waals surface area contributed by atoms with E-state index in [1.165, 1.54) is 44.2 Å². The number of rotatable bonds is 6. The molecule has 0 amide bonds. The second kappa shape index (κ2) is 8.14. The van der Waals surface area contributed by atoms with E-state index in [0.29, 0.717) is 11.1 Å². The first-order chi connectivity index (χ1) is 13.6. The van der Waals surface area contributed by atoms with E-state index in [2.05, 4.69) is 16.6 Å². The monoisotopic (exact) mass is 398 g/mol. The quantitative estimate of drug-likeness (QED) is 0.446. The van der Waals surface area contributed by atoms with Crippen LogP contribution in [0.25, 0.3) is 0 Å². The third kappa shape index (κ3) is 5.49. The van der Waals surface area contributed by atoms with Gasteiger partial charge in [-0.3, -0.25) is 9.59 Å². The fourth-order valence-electron chi connectivity index (χ4n) is 2.83. The van der Waals surface area contributed by atoms with Crippen LogP contribution in [0.3, 0.4) is 0 Å². The minimum absolute atomic E-state index is 0.0374. The van der Waals surface area contributed by atoms with Crippen molar-refractivity contribution in [1.29, 1.82) is 0 Å². The standard InChI is InChI=1S/C23H20F2O4/c1-23(2,28)11-10-14-4-3-5-16(12-14)20(26)21(27)17-8-9-19(29-22(24)25)18(13-17)15-6-7-15/h3-5,8-9,12-13,15,22,28H,6-7H2,1-2H3. The van der Waals surface area contributed by atoms with Crippen LogP contribution in [0.1, 0.15) is 64.4 Å². The van der Waals surface area contributed by atoms with Gasteiger partial charge in [0.25, 0.3) is 0 Å². The normalized spacial score (nSPS) is 13.6. The van der Waals surface area contributed by atoms with Crippen molar-refractivity contribution in [3.63, 3.8) is 0 Å². The van der Waals surface area contributed by atoms with Crippen LogP contribution in [0.2, 0.25) is 0 Å². The molecule has 150 valence electrons. The van der Waals surface area contributed by atoms with Crippen LogP contribution in [0.5, 0.6) is 5.75 Å². The smallest absolute Gasteiger partial charge is 0.387 e. The lowest BCUT2D eigenvalue weighted by atomic mass is 9.97. The van der Waals surface area contributed by atoms with Crippen LogP contribution >= 0.6 is 0 Å². The summed E-state index contributed by atoms with van der Waals surface area (Å²) < 4.78 is 29.7. The topological polar surface area (TPSA) is 63.6 Å². The number of ether oxygens (including phenoxy) is 1. The van der Waals surface area contributed by atoms with Crippen LogP contribution < -0.4 is 4.74 Å². The van der Waals surface area contributed by atoms with Crippen molar-refractivity contribution in [2.45, 2.75) is 44.8 Å². The molecule has 2 aromatic rings. The van der Waals surface area contributed by atoms with Gasteiger partial charge in [0.15, 0.2) is 0 Å². The minimum Gasteiger partial charge on any atom is -0.435 e. The molecule has 1 aliphatic rings. The molecule has 4 nitrogen and oxygen atoms in total. The fraction of sp³-hybridized carbons (Fsp3) is 0.304. The number of carbonyl (C=O) groups excluding carboxylic acids is 2. The lowest BCUT2D eigenvalue weighted by Gasteiger charge is -2.11. The van der Waals surface area contributed by atoms with Gasteiger partial charge in [-0.05, 0) is 68.5 Å². The van der Waals surface area contributed by atoms with E-state index < -0.39 is 23.8 Å². The molecule has 0 saturated heterocycles. The van der Waals surface area contributed by atoms with Crippen molar-refractivity contribution in [1.82, 2.24) is 0 Å². The van der Waals surface area contributed by atoms with Crippen molar-refractivity contribution >= 4 is 11.6 Å². The summed E-state index contributed by atoms with van der Waals surface area (Å²) in [7, 11) is 0. The lowest BCUT2D eigenvalue weighted by Crippen LogP contribution is -2.16. The van der Waals surface area contributed by atoms with Gasteiger partial charge in [-0.2, -0.15) is 8.78 Å². The van der Waals surface area contributed by atoms with E-state index in [4.69, 9.17) is 0 Å². The molecule has 2 aromatic carbocycles. The summed E-state index contributed by atoms with van der Waals surface area (Å²) in [4.78, 5) is 25.3. The highest BCUT2D eigenvalue weighted by Gasteiger charge is 2.29. The Morgan fingerprint density at radius 1 is 1.10 bits per heavy atom. The zero-order chi connectivity index (χ0) is 21.2. The molecule has 0 heterocycles. The van der Waals surface area contributed by atoms with Gasteiger partial charge in [-0.15, -0.1) is 0 Å². The molecule has 0 aromatic heterocycles. The predicted octanol–water partition coefficient (Wildman–Crippen LogP) is 4.35. The molecular weight excluding hydrogens is 378 g/mol. The van der Waals surface area contributed by atoms with Gasteiger partial charge in [-0.25, -0.2) is 0 Å². The number of aliphatic hydroxyl groups is 1. The van der Waals surface area contributed by atoms with Gasteiger partial charge in [0.05, 0.1) is 0 Å². The zero-order valence-corrected chi connectivity index (χ0v) is 16.0. The highest BCUT2D eigenvalue weighted by molar-refractivity contribution is 6.49. The Hall–Kier alpha value is -3.04. The second-order valence-corrected chi connectivity index (χ2v) is 7.45. The average Bonchev–Trinajstić information content (AvgIpc) is 3.50. The number of halogens is 2. The van der Waals surface area contributed by atoms with E-state index >= 15 is 0 Å². The fourth-order valence-corrected chi connectivity index (χ4v) is 2.83. The van der Waals surface area contributed by atoms with Gasteiger partial charge in [0.2, 0.25) is 11.6 Å². The number of ketones is 2. The summed E-state index contributed by atoms with van der Waals surface area (Å²) in [6.45, 7) is 0.123. The minimum atomic E-state index is -2.96. The summed E-state index contributed by atoms with van der Waals surface area (Å²) in [5.74, 6) is 4.06. The number of alkyl halides is 2. The van der Waals surface area contributed by atoms with Crippen molar-refractivity contribution in [3.8, 4) is 17.6 Å². The molecule has 0 unspecified atom stereocenters. The zero-order valence-electron chi connectivity index (χ0n) is 16.0. The van der Waals surface area contributed by atoms with Crippen LogP contribution in [0, 0.1) is 11.8 Å². The first-order valence-corrected chi connectivity index (χ1v) is 9.17. The second-order valence-electron chi connectivity index (χ2n) is 7.45. The molecule has 1 saturated carbocycles. The first kappa shape index (κ1) is 20.7. The Kier molecular flexibility index (Phi) is 5.81. The lowest BCUT2D eigenvalue weighted by molar-refractivity contribution is -0.0504. The molecule has 1 aliphatic carbocycles. The Balaban J connectivity index is 1.86. The number of carbonyl (C=O) groups is 2. The molecular formula is C23H20F2O4. The van der Waals surface area contributed by atoms with Crippen molar-refractivity contribution < 1.29 is 28.2 Å². The average molecular weight is 398 g/mol. The molecule has 0 aliphatic heterocycles. The van der Waals surface area contributed by atoms with E-state index in [0.717, 1.165) is 12.8 Å². The molecule has 3 rings (SSSR count). The summed E-state index contributed by atoms with van der Waals surface area (Å²) in [6.07, 6.45) is 1.65. The largest absolute Gasteiger partial charge is 0.435 e. The predicted molar refractivity (Wildman–Crippen MR) is 103 cm³/mol. The summed E-state index contributed by atoms with van der Waals surface area (Å²) in [5.41, 5.74) is 0.126. The van der Waals surface area contributed by atoms with Crippen LogP contribution in [-0.2, 0) is 0 Å². The Morgan fingerprint density at radius 3 is 2.34 bits per heavy atom. The SMILES string of the molecule is CC(C)(O)C#Cc1cccc(C(=O)C(=O)c2ccc(OC(F)F)c(C3CC3)c2)c1. The highest BCUT2D eigenvalue weighted by Crippen LogP contribution is 2.45. The summed E-state index contributed by atoms with van der Waals surface area (Å²) in [6, 6.07) is 10.4. The number of hydrogen-bond acceptors (Lipinski definition) is 4. The van der Waals surface area contributed by atoms with E-state index in [1.807, 2.05) is 0 Å². The first-order valence-electron chi connectivity index (χ1n) is 9.17. The third-order valence-electron chi connectivity index (χ3n) is 4.35. The van der Waals surface area contributed by atoms with Gasteiger partial charge < -0.3 is 9.84 Å². The van der Waals surface area contributed by atoms with Crippen molar-refractivity contribution in [2.24, 2.45) is 0 Å². The van der Waals surface area contributed by atoms with Gasteiger partial charge in [0.1, 0.15) is 11.4 Å². The molecule has 29 heavy (non-hydrogen) atoms. The Morgan fingerprint density at radius 2 is 1.76 bits per heavy atom. The maximum atomic E-state index is 12.7. The number of hydrogen-bond donors (Lipinski definition) is 1. The van der Waals surface area contributed by atoms with E-state index in [-0.39, 0.29) is 22.8 Å². The van der Waals surface area contributed by atoms with Crippen molar-refractivity contribution in [2.75, 3.05) is 0 Å². The Labute approximate surface area is 167 Å². The molecule has 1 fully saturated rings. The number of benzene rings is 2. The van der Waals surface area contributed by atoms with E-state index in [9.17, 15) is 23.5 Å². The van der Waals surface area contributed by atoms with Crippen LogP contribution in [0.15, 0.2) is 42.5 Å². The summed E-state index contributed by atoms with van der Waals surface area (Å²) >= 11 is 0. The molecule has 0 radical (unpaired) electrons. The molecule has 0 bridgehead atoms. The number of Topliss-reactive ketones (excluding diaryl/α,β-unsaturated/α-hetero) is 2. The molecule has 6 heteroatoms. The Bertz CT molecular complexity index is 1010. The van der Waals surface area contributed by atoms with Crippen LogP contribution in [-0.4, -0.2) is 28.9 Å². The van der Waals surface area contributed by atoms with E-state index in [1.54, 1.807) is 12.1 Å². The highest BCUT2D eigenvalue weighted by atomic mass is 19.3. The third-order valence-corrected chi connectivity index (χ3v) is 4.35. The molecule has 0 atom stereocenters.